The fourth-order valence-corrected chi connectivity index (χ4v) is 74.4. The molecule has 26 heavy (non-hydrogen) atoms. The molecular weight excluding hydrogens is 512 g/mol. The highest BCUT2D eigenvalue weighted by molar-refractivity contribution is 14.1. The Morgan fingerprint density at radius 3 is 1.50 bits per heavy atom. The molecule has 0 aliphatic carbocycles. The van der Waals surface area contributed by atoms with Crippen molar-refractivity contribution in [3.05, 3.63) is 29.8 Å². The van der Waals surface area contributed by atoms with Crippen molar-refractivity contribution in [1.82, 2.24) is 0 Å². The van der Waals surface area contributed by atoms with Gasteiger partial charge in [0.15, 0.2) is 0 Å². The van der Waals surface area contributed by atoms with E-state index < -0.39 is 41.5 Å². The highest BCUT2D eigenvalue weighted by Gasteiger charge is 2.68. The molecular formula is C18H34F3ISi4. The molecule has 0 amide bonds. The largest absolute Gasteiger partial charge is 0.416 e. The molecule has 0 radical (unpaired) electrons. The van der Waals surface area contributed by atoms with Crippen molar-refractivity contribution >= 4 is 56.8 Å². The smallest absolute Gasteiger partial charge is 0.166 e. The first-order valence-corrected chi connectivity index (χ1v) is 25.2. The molecule has 1 rings (SSSR count). The van der Waals surface area contributed by atoms with Crippen molar-refractivity contribution < 1.29 is 13.2 Å². The number of hydrogen-bond donors (Lipinski definition) is 0. The van der Waals surface area contributed by atoms with E-state index in [1.165, 1.54) is 12.1 Å². The summed E-state index contributed by atoms with van der Waals surface area (Å²) in [4.78, 5) is 0. The number of hydrogen-bond acceptors (Lipinski definition) is 0. The van der Waals surface area contributed by atoms with Crippen molar-refractivity contribution in [1.29, 1.82) is 0 Å². The Labute approximate surface area is 174 Å². The molecule has 150 valence electrons. The minimum Gasteiger partial charge on any atom is -0.166 e. The van der Waals surface area contributed by atoms with Gasteiger partial charge in [0.05, 0.1) is 13.6 Å². The van der Waals surface area contributed by atoms with Crippen LogP contribution in [0.5, 0.6) is 0 Å². The molecule has 1 aromatic carbocycles. The predicted molar refractivity (Wildman–Crippen MR) is 129 cm³/mol. The third-order valence-corrected chi connectivity index (χ3v) is 47.7. The summed E-state index contributed by atoms with van der Waals surface area (Å²) >= 11 is 2.74. The number of rotatable bonds is 5. The van der Waals surface area contributed by atoms with Gasteiger partial charge in [0, 0.05) is 16.1 Å². The van der Waals surface area contributed by atoms with Gasteiger partial charge in [-0.2, -0.15) is 13.2 Å². The second-order valence-electron chi connectivity index (χ2n) is 10.4. The van der Waals surface area contributed by atoms with E-state index >= 15 is 0 Å². The Balaban J connectivity index is 3.93. The maximum absolute atomic E-state index is 13.4. The van der Waals surface area contributed by atoms with Gasteiger partial charge in [-0.3, -0.25) is 0 Å². The Morgan fingerprint density at radius 2 is 1.19 bits per heavy atom. The second-order valence-corrected chi connectivity index (χ2v) is 40.3. The molecule has 0 saturated carbocycles. The van der Waals surface area contributed by atoms with Gasteiger partial charge >= 0.3 is 6.18 Å². The molecule has 0 heterocycles. The highest BCUT2D eigenvalue weighted by Crippen LogP contribution is 2.61. The minimum atomic E-state index is -4.28. The first-order chi connectivity index (χ1) is 11.2. The number of alkyl halides is 3. The summed E-state index contributed by atoms with van der Waals surface area (Å²) in [6, 6.07) is 6.28. The van der Waals surface area contributed by atoms with Crippen molar-refractivity contribution in [3.63, 3.8) is 0 Å². The summed E-state index contributed by atoms with van der Waals surface area (Å²) in [6.45, 7) is 24.4. The van der Waals surface area contributed by atoms with Crippen LogP contribution in [0.3, 0.4) is 0 Å². The number of halogens is 4. The van der Waals surface area contributed by atoms with Gasteiger partial charge in [-0.05, 0) is 3.91 Å². The molecule has 0 aromatic heterocycles. The van der Waals surface area contributed by atoms with Gasteiger partial charge in [-0.1, -0.05) is 94.9 Å². The summed E-state index contributed by atoms with van der Waals surface area (Å²) in [6.07, 6.45) is -4.28. The summed E-state index contributed by atoms with van der Waals surface area (Å²) < 4.78 is 40.4. The fraction of sp³-hybridized carbons (Fsp3) is 0.667. The van der Waals surface area contributed by atoms with E-state index in [0.29, 0.717) is 0 Å². The molecule has 0 aliphatic rings. The zero-order chi connectivity index (χ0) is 21.0. The van der Waals surface area contributed by atoms with E-state index in [2.05, 4.69) is 87.3 Å². The van der Waals surface area contributed by atoms with E-state index in [9.17, 15) is 13.2 Å². The summed E-state index contributed by atoms with van der Waals surface area (Å²) in [7, 11) is -5.58. The van der Waals surface area contributed by atoms with Crippen molar-refractivity contribution in [3.8, 4) is 0 Å². The summed E-state index contributed by atoms with van der Waals surface area (Å²) in [5, 5.41) is 0.981. The molecule has 0 saturated heterocycles. The van der Waals surface area contributed by atoms with Crippen LogP contribution >= 0.6 is 21.8 Å². The standard InChI is InChI=1S/C18H34F3ISi4/c1-23(2,3)18(24(4,5)6,26(9,10)22)25(7,8)16-13-11-12-15(14-16)17(19,20)21/h11-14H,1-10H3. The van der Waals surface area contributed by atoms with E-state index in [4.69, 9.17) is 0 Å². The van der Waals surface area contributed by atoms with Crippen LogP contribution in [-0.2, 0) is 6.18 Å². The summed E-state index contributed by atoms with van der Waals surface area (Å²) in [5.74, 6) is 0. The number of benzene rings is 1. The van der Waals surface area contributed by atoms with E-state index in [1.807, 2.05) is 6.07 Å². The van der Waals surface area contributed by atoms with Crippen LogP contribution in [0.1, 0.15) is 5.56 Å². The van der Waals surface area contributed by atoms with Gasteiger partial charge < -0.3 is 0 Å². The Hall–Kier alpha value is 0.608. The minimum absolute atomic E-state index is 0.255. The Bertz CT molecular complexity index is 614. The van der Waals surface area contributed by atoms with Gasteiger partial charge in [0.25, 0.3) is 0 Å². The Kier molecular flexibility index (Phi) is 6.77. The molecule has 0 atom stereocenters. The van der Waals surface area contributed by atoms with Gasteiger partial charge in [-0.15, -0.1) is 21.8 Å². The first-order valence-electron chi connectivity index (χ1n) is 9.08. The van der Waals surface area contributed by atoms with Crippen molar-refractivity contribution in [2.45, 2.75) is 75.6 Å². The molecule has 0 spiro atoms. The van der Waals surface area contributed by atoms with Gasteiger partial charge in [-0.25, -0.2) is 0 Å². The van der Waals surface area contributed by atoms with Crippen molar-refractivity contribution in [2.24, 2.45) is 0 Å². The maximum atomic E-state index is 13.4. The quantitative estimate of drug-likeness (QED) is 0.207. The molecule has 8 heteroatoms. The van der Waals surface area contributed by atoms with Gasteiger partial charge in [0.1, 0.15) is 5.57 Å². The predicted octanol–water partition coefficient (Wildman–Crippen LogP) is 7.30. The maximum Gasteiger partial charge on any atom is 0.416 e. The van der Waals surface area contributed by atoms with E-state index in [1.54, 1.807) is 6.07 Å². The average Bonchev–Trinajstić information content (AvgIpc) is 2.32. The third-order valence-electron chi connectivity index (χ3n) is 5.99. The third kappa shape index (κ3) is 3.99. The SMILES string of the molecule is C[Si](C)(C)C([Si](C)(C)C)([Si](C)(C)I)[Si](C)(C)c1cccc(C(F)(F)F)c1. The van der Waals surface area contributed by atoms with E-state index in [0.717, 1.165) is 5.19 Å². The lowest BCUT2D eigenvalue weighted by Crippen LogP contribution is -2.78. The highest BCUT2D eigenvalue weighted by atomic mass is 127. The van der Waals surface area contributed by atoms with Crippen LogP contribution in [-0.4, -0.2) is 29.8 Å². The van der Waals surface area contributed by atoms with Crippen LogP contribution in [0.15, 0.2) is 24.3 Å². The second kappa shape index (κ2) is 7.14. The molecule has 1 aromatic rings. The van der Waals surface area contributed by atoms with Crippen LogP contribution in [0, 0.1) is 0 Å². The molecule has 0 bridgehead atoms. The Morgan fingerprint density at radius 1 is 0.769 bits per heavy atom. The van der Waals surface area contributed by atoms with Gasteiger partial charge in [0.2, 0.25) is 0 Å². The van der Waals surface area contributed by atoms with Crippen LogP contribution in [0.25, 0.3) is 0 Å². The van der Waals surface area contributed by atoms with Crippen LogP contribution < -0.4 is 5.19 Å². The summed E-state index contributed by atoms with van der Waals surface area (Å²) in [5.41, 5.74) is -2.21. The average molecular weight is 547 g/mol. The molecule has 0 aliphatic heterocycles. The van der Waals surface area contributed by atoms with Crippen LogP contribution in [0.2, 0.25) is 69.4 Å². The molecule has 0 unspecified atom stereocenters. The molecule has 0 N–H and O–H groups in total. The lowest BCUT2D eigenvalue weighted by Gasteiger charge is -2.65. The zero-order valence-corrected chi connectivity index (χ0v) is 24.0. The fourth-order valence-electron chi connectivity index (χ4n) is 6.83. The van der Waals surface area contributed by atoms with E-state index in [-0.39, 0.29) is 3.91 Å². The lowest BCUT2D eigenvalue weighted by atomic mass is 10.2. The van der Waals surface area contributed by atoms with Crippen molar-refractivity contribution in [2.75, 3.05) is 0 Å². The lowest BCUT2D eigenvalue weighted by molar-refractivity contribution is -0.137. The first kappa shape index (κ1) is 24.6. The zero-order valence-electron chi connectivity index (χ0n) is 17.8. The normalized spacial score (nSPS) is 15.3. The topological polar surface area (TPSA) is 0 Å². The molecule has 0 fully saturated rings. The monoisotopic (exact) mass is 546 g/mol. The van der Waals surface area contributed by atoms with Crippen LogP contribution in [0.4, 0.5) is 13.2 Å². The molecule has 0 nitrogen and oxygen atoms in total.